The molecule has 0 saturated carbocycles. The molecule has 3 rings (SSSR count). The molecule has 1 fully saturated rings. The third-order valence-corrected chi connectivity index (χ3v) is 5.44. The number of hydrogen-bond acceptors (Lipinski definition) is 1. The van der Waals surface area contributed by atoms with Crippen molar-refractivity contribution in [3.8, 4) is 0 Å². The summed E-state index contributed by atoms with van der Waals surface area (Å²) in [5.41, 5.74) is 6.27. The van der Waals surface area contributed by atoms with Gasteiger partial charge >= 0.3 is 0 Å². The van der Waals surface area contributed by atoms with E-state index in [1.165, 1.54) is 30.4 Å². The minimum absolute atomic E-state index is 0.594. The Labute approximate surface area is 130 Å². The fourth-order valence-corrected chi connectivity index (χ4v) is 4.15. The number of hydrogen-bond donors (Lipinski definition) is 0. The summed E-state index contributed by atoms with van der Waals surface area (Å²) < 4.78 is 0. The van der Waals surface area contributed by atoms with E-state index in [4.69, 9.17) is 0 Å². The number of benzene rings is 1. The van der Waals surface area contributed by atoms with E-state index in [2.05, 4.69) is 63.9 Å². The fraction of sp³-hybridized carbons (Fsp3) is 0.600. The third kappa shape index (κ3) is 2.57. The van der Waals surface area contributed by atoms with Crippen molar-refractivity contribution >= 4 is 5.57 Å². The van der Waals surface area contributed by atoms with Crippen LogP contribution in [0.4, 0.5) is 0 Å². The van der Waals surface area contributed by atoms with Gasteiger partial charge in [0.1, 0.15) is 0 Å². The van der Waals surface area contributed by atoms with Gasteiger partial charge < -0.3 is 0 Å². The maximum atomic E-state index is 2.58. The molecule has 1 aromatic carbocycles. The first-order chi connectivity index (χ1) is 9.99. The number of rotatable bonds is 3. The molecule has 2 aliphatic heterocycles. The Morgan fingerprint density at radius 2 is 1.62 bits per heavy atom. The van der Waals surface area contributed by atoms with Crippen molar-refractivity contribution in [1.29, 1.82) is 0 Å². The molecular formula is C20H29N. The highest BCUT2D eigenvalue weighted by atomic mass is 15.2. The molecular weight excluding hydrogens is 254 g/mol. The molecule has 2 unspecified atom stereocenters. The standard InChI is InChI=1S/C20H29N/c1-13(2)18-7-6-8-19(14(3)4)20(18)15-11-16-9-10-17(12-15)21(16)5/h6-8,11,13-14,16-17H,9-10,12H2,1-5H3. The van der Waals surface area contributed by atoms with Crippen molar-refractivity contribution in [2.24, 2.45) is 0 Å². The highest BCUT2D eigenvalue weighted by Crippen LogP contribution is 2.42. The van der Waals surface area contributed by atoms with Crippen molar-refractivity contribution < 1.29 is 0 Å². The highest BCUT2D eigenvalue weighted by Gasteiger charge is 2.35. The highest BCUT2D eigenvalue weighted by molar-refractivity contribution is 5.74. The lowest BCUT2D eigenvalue weighted by molar-refractivity contribution is 0.264. The van der Waals surface area contributed by atoms with E-state index in [1.54, 1.807) is 11.1 Å². The van der Waals surface area contributed by atoms with Crippen LogP contribution in [0.15, 0.2) is 24.3 Å². The third-order valence-electron chi connectivity index (χ3n) is 5.44. The van der Waals surface area contributed by atoms with Crippen LogP contribution in [-0.4, -0.2) is 24.0 Å². The normalized spacial score (nSPS) is 25.8. The molecule has 0 aliphatic carbocycles. The Hall–Kier alpha value is -1.08. The van der Waals surface area contributed by atoms with Crippen LogP contribution in [0.25, 0.3) is 5.57 Å². The second-order valence-electron chi connectivity index (χ2n) is 7.48. The van der Waals surface area contributed by atoms with Crippen LogP contribution in [0.2, 0.25) is 0 Å². The Bertz CT molecular complexity index is 527. The minimum atomic E-state index is 0.594. The molecule has 21 heavy (non-hydrogen) atoms. The van der Waals surface area contributed by atoms with E-state index in [1.807, 2.05) is 0 Å². The zero-order valence-corrected chi connectivity index (χ0v) is 14.2. The predicted molar refractivity (Wildman–Crippen MR) is 91.8 cm³/mol. The van der Waals surface area contributed by atoms with E-state index in [0.717, 1.165) is 6.04 Å². The van der Waals surface area contributed by atoms with E-state index < -0.39 is 0 Å². The molecule has 114 valence electrons. The Balaban J connectivity index is 2.11. The van der Waals surface area contributed by atoms with Crippen LogP contribution >= 0.6 is 0 Å². The summed E-state index contributed by atoms with van der Waals surface area (Å²) >= 11 is 0. The van der Waals surface area contributed by atoms with Crippen molar-refractivity contribution in [1.82, 2.24) is 4.90 Å². The molecule has 0 amide bonds. The quantitative estimate of drug-likeness (QED) is 0.738. The number of fused-ring (bicyclic) bond motifs is 2. The van der Waals surface area contributed by atoms with Gasteiger partial charge in [0.2, 0.25) is 0 Å². The lowest BCUT2D eigenvalue weighted by Crippen LogP contribution is -2.34. The van der Waals surface area contributed by atoms with Crippen LogP contribution in [-0.2, 0) is 0 Å². The van der Waals surface area contributed by atoms with Gasteiger partial charge in [-0.1, -0.05) is 52.0 Å². The number of likely N-dealkylation sites (N-methyl/N-ethyl adjacent to an activating group) is 1. The molecule has 2 atom stereocenters. The van der Waals surface area contributed by atoms with Gasteiger partial charge in [-0.3, -0.25) is 4.90 Å². The molecule has 1 heteroatoms. The molecule has 0 aromatic heterocycles. The van der Waals surface area contributed by atoms with Gasteiger partial charge in [-0.05, 0) is 60.4 Å². The van der Waals surface area contributed by atoms with Crippen LogP contribution in [0.5, 0.6) is 0 Å². The molecule has 2 bridgehead atoms. The summed E-state index contributed by atoms with van der Waals surface area (Å²) in [5, 5.41) is 0. The largest absolute Gasteiger partial charge is 0.297 e. The predicted octanol–water partition coefficient (Wildman–Crippen LogP) is 5.18. The lowest BCUT2D eigenvalue weighted by Gasteiger charge is -2.32. The van der Waals surface area contributed by atoms with Gasteiger partial charge in [-0.25, -0.2) is 0 Å². The number of nitrogens with zero attached hydrogens (tertiary/aromatic N) is 1. The van der Waals surface area contributed by atoms with Crippen LogP contribution in [0, 0.1) is 0 Å². The second kappa shape index (κ2) is 5.61. The zero-order chi connectivity index (χ0) is 15.1. The van der Waals surface area contributed by atoms with Crippen LogP contribution in [0.3, 0.4) is 0 Å². The monoisotopic (exact) mass is 283 g/mol. The topological polar surface area (TPSA) is 3.24 Å². The van der Waals surface area contributed by atoms with E-state index in [0.29, 0.717) is 17.9 Å². The smallest absolute Gasteiger partial charge is 0.0284 e. The van der Waals surface area contributed by atoms with Gasteiger partial charge in [0.15, 0.2) is 0 Å². The molecule has 0 radical (unpaired) electrons. The van der Waals surface area contributed by atoms with Gasteiger partial charge in [-0.2, -0.15) is 0 Å². The summed E-state index contributed by atoms with van der Waals surface area (Å²) in [5.74, 6) is 1.19. The van der Waals surface area contributed by atoms with Gasteiger partial charge in [-0.15, -0.1) is 0 Å². The van der Waals surface area contributed by atoms with Crippen molar-refractivity contribution in [2.45, 2.75) is 70.9 Å². The molecule has 0 spiro atoms. The summed E-state index contributed by atoms with van der Waals surface area (Å²) in [6.07, 6.45) is 6.50. The average Bonchev–Trinajstić information content (AvgIpc) is 2.67. The van der Waals surface area contributed by atoms with Crippen molar-refractivity contribution in [3.63, 3.8) is 0 Å². The first kappa shape index (κ1) is 14.8. The van der Waals surface area contributed by atoms with Gasteiger partial charge in [0, 0.05) is 12.1 Å². The summed E-state index contributed by atoms with van der Waals surface area (Å²) in [6, 6.07) is 8.35. The van der Waals surface area contributed by atoms with Crippen LogP contribution < -0.4 is 0 Å². The molecule has 2 aliphatic rings. The minimum Gasteiger partial charge on any atom is -0.297 e. The van der Waals surface area contributed by atoms with Crippen LogP contribution in [0.1, 0.15) is 75.5 Å². The molecule has 1 saturated heterocycles. The lowest BCUT2D eigenvalue weighted by atomic mass is 9.82. The fourth-order valence-electron chi connectivity index (χ4n) is 4.15. The maximum Gasteiger partial charge on any atom is 0.0284 e. The van der Waals surface area contributed by atoms with E-state index in [9.17, 15) is 0 Å². The van der Waals surface area contributed by atoms with Gasteiger partial charge in [0.25, 0.3) is 0 Å². The van der Waals surface area contributed by atoms with Gasteiger partial charge in [0.05, 0.1) is 0 Å². The first-order valence-corrected chi connectivity index (χ1v) is 8.54. The summed E-state index contributed by atoms with van der Waals surface area (Å²) in [4.78, 5) is 2.58. The molecule has 1 aromatic rings. The SMILES string of the molecule is CC(C)c1cccc(C(C)C)c1C1=CC2CCC(C1)N2C. The summed E-state index contributed by atoms with van der Waals surface area (Å²) in [6.45, 7) is 9.31. The van der Waals surface area contributed by atoms with Crippen molar-refractivity contribution in [3.05, 3.63) is 41.0 Å². The zero-order valence-electron chi connectivity index (χ0n) is 14.2. The molecule has 0 N–H and O–H groups in total. The Kier molecular flexibility index (Phi) is 3.96. The Morgan fingerprint density at radius 1 is 1.00 bits per heavy atom. The van der Waals surface area contributed by atoms with Crippen molar-refractivity contribution in [2.75, 3.05) is 7.05 Å². The molecule has 2 heterocycles. The Morgan fingerprint density at radius 3 is 2.14 bits per heavy atom. The summed E-state index contributed by atoms with van der Waals surface area (Å²) in [7, 11) is 2.30. The van der Waals surface area contributed by atoms with E-state index >= 15 is 0 Å². The maximum absolute atomic E-state index is 2.58. The van der Waals surface area contributed by atoms with E-state index in [-0.39, 0.29) is 0 Å². The second-order valence-corrected chi connectivity index (χ2v) is 7.48. The first-order valence-electron chi connectivity index (χ1n) is 8.54. The average molecular weight is 283 g/mol. The molecule has 1 nitrogen and oxygen atoms in total.